The number of carbonyl (C=O) groups excluding carboxylic acids is 1. The van der Waals surface area contributed by atoms with Crippen LogP contribution in [-0.4, -0.2) is 35.1 Å². The molecule has 1 aromatic carbocycles. The monoisotopic (exact) mass is 365 g/mol. The first-order valence-corrected chi connectivity index (χ1v) is 8.19. The van der Waals surface area contributed by atoms with Gasteiger partial charge in [-0.2, -0.15) is 0 Å². The number of hydrogen-bond donors (Lipinski definition) is 2. The average Bonchev–Trinajstić information content (AvgIpc) is 2.73. The number of methoxy groups -OCH3 is 2. The highest BCUT2D eigenvalue weighted by Crippen LogP contribution is 2.30. The molecule has 0 radical (unpaired) electrons. The molecular formula is C19H19N5O3. The number of rotatable bonds is 7. The first-order valence-electron chi connectivity index (χ1n) is 8.19. The number of anilines is 2. The Morgan fingerprint density at radius 2 is 1.93 bits per heavy atom. The van der Waals surface area contributed by atoms with Crippen molar-refractivity contribution in [2.75, 3.05) is 19.5 Å². The fraction of sp³-hybridized carbons (Fsp3) is 0.158. The van der Waals surface area contributed by atoms with Gasteiger partial charge in [0, 0.05) is 18.3 Å². The summed E-state index contributed by atoms with van der Waals surface area (Å²) in [4.78, 5) is 24.7. The number of hydrogen-bond acceptors (Lipinski definition) is 7. The van der Waals surface area contributed by atoms with Crippen molar-refractivity contribution in [3.05, 3.63) is 66.4 Å². The number of nitrogens with zero attached hydrogens (tertiary/aromatic N) is 3. The molecule has 0 saturated heterocycles. The van der Waals surface area contributed by atoms with Gasteiger partial charge in [-0.05, 0) is 24.3 Å². The minimum absolute atomic E-state index is 0.246. The first kappa shape index (κ1) is 18.1. The standard InChI is InChI=1S/C19H19N5O3/c1-26-14-6-7-15(17(9-14)27-2)24-18-10-16(22-12-23-18)19(25)21-11-13-5-3-4-8-20-13/h3-10,12H,11H2,1-2H3,(H,21,25)(H,22,23,24). The van der Waals surface area contributed by atoms with E-state index in [1.54, 1.807) is 44.7 Å². The Hall–Kier alpha value is -3.68. The number of pyridine rings is 1. The number of benzene rings is 1. The first-order chi connectivity index (χ1) is 13.2. The van der Waals surface area contributed by atoms with Crippen LogP contribution in [0.4, 0.5) is 11.5 Å². The van der Waals surface area contributed by atoms with Crippen molar-refractivity contribution >= 4 is 17.4 Å². The van der Waals surface area contributed by atoms with Crippen molar-refractivity contribution in [3.63, 3.8) is 0 Å². The summed E-state index contributed by atoms with van der Waals surface area (Å²) in [6.07, 6.45) is 3.00. The van der Waals surface area contributed by atoms with Crippen molar-refractivity contribution in [2.24, 2.45) is 0 Å². The summed E-state index contributed by atoms with van der Waals surface area (Å²) in [5.41, 5.74) is 1.70. The summed E-state index contributed by atoms with van der Waals surface area (Å²) in [5, 5.41) is 5.90. The maximum Gasteiger partial charge on any atom is 0.270 e. The zero-order valence-corrected chi connectivity index (χ0v) is 15.0. The molecule has 0 aliphatic carbocycles. The van der Waals surface area contributed by atoms with E-state index in [9.17, 15) is 4.79 Å². The molecule has 0 fully saturated rings. The number of ether oxygens (including phenoxy) is 2. The van der Waals surface area contributed by atoms with Gasteiger partial charge in [-0.3, -0.25) is 9.78 Å². The normalized spacial score (nSPS) is 10.1. The summed E-state index contributed by atoms with van der Waals surface area (Å²) < 4.78 is 10.5. The van der Waals surface area contributed by atoms with Crippen LogP contribution in [0.15, 0.2) is 55.0 Å². The molecule has 3 rings (SSSR count). The molecule has 0 aliphatic rings. The van der Waals surface area contributed by atoms with Gasteiger partial charge in [0.2, 0.25) is 0 Å². The molecule has 0 unspecified atom stereocenters. The molecule has 0 spiro atoms. The maximum atomic E-state index is 12.3. The average molecular weight is 365 g/mol. The lowest BCUT2D eigenvalue weighted by Crippen LogP contribution is -2.24. The quantitative estimate of drug-likeness (QED) is 0.664. The second-order valence-electron chi connectivity index (χ2n) is 5.48. The van der Waals surface area contributed by atoms with Crippen LogP contribution in [0.1, 0.15) is 16.2 Å². The Kier molecular flexibility index (Phi) is 5.78. The fourth-order valence-electron chi connectivity index (χ4n) is 2.35. The van der Waals surface area contributed by atoms with Crippen molar-refractivity contribution in [1.82, 2.24) is 20.3 Å². The minimum atomic E-state index is -0.312. The van der Waals surface area contributed by atoms with E-state index in [0.717, 1.165) is 5.69 Å². The van der Waals surface area contributed by atoms with Crippen LogP contribution < -0.4 is 20.1 Å². The molecule has 0 saturated carbocycles. The topological polar surface area (TPSA) is 98.3 Å². The molecule has 0 aliphatic heterocycles. The molecule has 27 heavy (non-hydrogen) atoms. The van der Waals surface area contributed by atoms with Crippen LogP contribution in [0.3, 0.4) is 0 Å². The molecular weight excluding hydrogens is 346 g/mol. The van der Waals surface area contributed by atoms with Crippen LogP contribution in [0.2, 0.25) is 0 Å². The largest absolute Gasteiger partial charge is 0.497 e. The summed E-state index contributed by atoms with van der Waals surface area (Å²) in [6.45, 7) is 0.318. The second-order valence-corrected chi connectivity index (χ2v) is 5.48. The number of amides is 1. The molecule has 2 N–H and O–H groups in total. The van der Waals surface area contributed by atoms with E-state index in [-0.39, 0.29) is 11.6 Å². The van der Waals surface area contributed by atoms with Crippen LogP contribution in [0.5, 0.6) is 11.5 Å². The van der Waals surface area contributed by atoms with E-state index in [1.165, 1.54) is 6.33 Å². The molecule has 8 nitrogen and oxygen atoms in total. The lowest BCUT2D eigenvalue weighted by Gasteiger charge is -2.12. The van der Waals surface area contributed by atoms with Gasteiger partial charge in [0.25, 0.3) is 5.91 Å². The minimum Gasteiger partial charge on any atom is -0.497 e. The summed E-state index contributed by atoms with van der Waals surface area (Å²) in [7, 11) is 3.15. The van der Waals surface area contributed by atoms with Crippen LogP contribution in [0, 0.1) is 0 Å². The third-order valence-corrected chi connectivity index (χ3v) is 3.73. The summed E-state index contributed by atoms with van der Waals surface area (Å²) in [5.74, 6) is 1.42. The van der Waals surface area contributed by atoms with E-state index in [0.29, 0.717) is 29.5 Å². The molecule has 2 heterocycles. The van der Waals surface area contributed by atoms with Gasteiger partial charge >= 0.3 is 0 Å². The number of aromatic nitrogens is 3. The van der Waals surface area contributed by atoms with E-state index in [1.807, 2.05) is 18.2 Å². The van der Waals surface area contributed by atoms with Crippen molar-refractivity contribution in [3.8, 4) is 11.5 Å². The number of nitrogens with one attached hydrogen (secondary N) is 2. The third-order valence-electron chi connectivity index (χ3n) is 3.73. The van der Waals surface area contributed by atoms with Crippen LogP contribution in [0.25, 0.3) is 0 Å². The van der Waals surface area contributed by atoms with Gasteiger partial charge in [-0.25, -0.2) is 9.97 Å². The zero-order chi connectivity index (χ0) is 19.1. The highest BCUT2D eigenvalue weighted by atomic mass is 16.5. The van der Waals surface area contributed by atoms with Gasteiger partial charge in [-0.15, -0.1) is 0 Å². The molecule has 8 heteroatoms. The molecule has 3 aromatic rings. The molecule has 2 aromatic heterocycles. The van der Waals surface area contributed by atoms with Crippen LogP contribution >= 0.6 is 0 Å². The van der Waals surface area contributed by atoms with E-state index in [4.69, 9.17) is 9.47 Å². The van der Waals surface area contributed by atoms with Gasteiger partial charge in [-0.1, -0.05) is 6.07 Å². The lowest BCUT2D eigenvalue weighted by molar-refractivity contribution is 0.0945. The van der Waals surface area contributed by atoms with Gasteiger partial charge in [0.05, 0.1) is 32.1 Å². The van der Waals surface area contributed by atoms with Gasteiger partial charge in [0.15, 0.2) is 0 Å². The second kappa shape index (κ2) is 8.61. The third kappa shape index (κ3) is 4.69. The zero-order valence-electron chi connectivity index (χ0n) is 15.0. The van der Waals surface area contributed by atoms with Crippen molar-refractivity contribution in [2.45, 2.75) is 6.54 Å². The summed E-state index contributed by atoms with van der Waals surface area (Å²) in [6, 6.07) is 12.4. The fourth-order valence-corrected chi connectivity index (χ4v) is 2.35. The number of carbonyl (C=O) groups is 1. The molecule has 0 atom stereocenters. The van der Waals surface area contributed by atoms with Gasteiger partial charge < -0.3 is 20.1 Å². The van der Waals surface area contributed by atoms with E-state index >= 15 is 0 Å². The predicted molar refractivity (Wildman–Crippen MR) is 100 cm³/mol. The van der Waals surface area contributed by atoms with Crippen LogP contribution in [-0.2, 0) is 6.54 Å². The highest BCUT2D eigenvalue weighted by Gasteiger charge is 2.11. The Bertz CT molecular complexity index is 918. The Morgan fingerprint density at radius 3 is 2.67 bits per heavy atom. The smallest absolute Gasteiger partial charge is 0.270 e. The molecule has 1 amide bonds. The molecule has 138 valence electrons. The Balaban J connectivity index is 1.71. The highest BCUT2D eigenvalue weighted by molar-refractivity contribution is 5.93. The van der Waals surface area contributed by atoms with Crippen molar-refractivity contribution < 1.29 is 14.3 Å². The molecule has 0 bridgehead atoms. The Morgan fingerprint density at radius 1 is 1.04 bits per heavy atom. The Labute approximate surface area is 156 Å². The SMILES string of the molecule is COc1ccc(Nc2cc(C(=O)NCc3ccccn3)ncn2)c(OC)c1. The predicted octanol–water partition coefficient (Wildman–Crippen LogP) is 2.56. The van der Waals surface area contributed by atoms with E-state index in [2.05, 4.69) is 25.6 Å². The van der Waals surface area contributed by atoms with E-state index < -0.39 is 0 Å². The summed E-state index contributed by atoms with van der Waals surface area (Å²) >= 11 is 0. The maximum absolute atomic E-state index is 12.3. The lowest BCUT2D eigenvalue weighted by atomic mass is 10.2. The van der Waals surface area contributed by atoms with Crippen molar-refractivity contribution in [1.29, 1.82) is 0 Å². The van der Waals surface area contributed by atoms with Gasteiger partial charge in [0.1, 0.15) is 29.3 Å².